The monoisotopic (exact) mass is 414 g/mol. The second-order valence-corrected chi connectivity index (χ2v) is 6.96. The normalized spacial score (nSPS) is 11.2. The number of nitrogens with zero attached hydrogens (tertiary/aromatic N) is 8. The van der Waals surface area contributed by atoms with Gasteiger partial charge in [-0.2, -0.15) is 14.6 Å². The molecule has 0 atom stereocenters. The van der Waals surface area contributed by atoms with E-state index in [0.717, 1.165) is 5.56 Å². The maximum Gasteiger partial charge on any atom is 0.311 e. The third-order valence-electron chi connectivity index (χ3n) is 4.10. The number of fused-ring (bicyclic) bond motifs is 3. The van der Waals surface area contributed by atoms with Crippen LogP contribution in [0.15, 0.2) is 29.4 Å². The van der Waals surface area contributed by atoms with E-state index >= 15 is 0 Å². The number of rotatable bonds is 6. The van der Waals surface area contributed by atoms with Crippen LogP contribution in [0.25, 0.3) is 16.9 Å². The maximum atomic E-state index is 11.6. The number of methoxy groups -OCH3 is 1. The largest absolute Gasteiger partial charge is 0.469 e. The highest BCUT2D eigenvalue weighted by Gasteiger charge is 2.19. The van der Waals surface area contributed by atoms with Crippen LogP contribution in [0, 0.1) is 10.1 Å². The quantitative estimate of drug-likeness (QED) is 0.196. The third-order valence-corrected chi connectivity index (χ3v) is 5.01. The molecule has 0 bridgehead atoms. The predicted molar refractivity (Wildman–Crippen MR) is 101 cm³/mol. The molecule has 148 valence electrons. The van der Waals surface area contributed by atoms with E-state index in [1.807, 2.05) is 0 Å². The van der Waals surface area contributed by atoms with Crippen LogP contribution in [0.2, 0.25) is 0 Å². The van der Waals surface area contributed by atoms with Crippen LogP contribution >= 0.6 is 11.8 Å². The number of carbonyl (C=O) groups excluding carboxylic acids is 1. The molecule has 0 aliphatic rings. The van der Waals surface area contributed by atoms with Gasteiger partial charge >= 0.3 is 5.97 Å². The number of hydrogen-bond acceptors (Lipinski definition) is 10. The van der Waals surface area contributed by atoms with Crippen LogP contribution < -0.4 is 0 Å². The SMILES string of the molecule is COC(=O)Cc1nn(C)c2c1nnc1nc(SCc3cccc([N+](=O)[O-])c3)nn12. The fourth-order valence-electron chi connectivity index (χ4n) is 2.78. The van der Waals surface area contributed by atoms with E-state index in [4.69, 9.17) is 0 Å². The van der Waals surface area contributed by atoms with Crippen molar-refractivity contribution < 1.29 is 14.5 Å². The fraction of sp³-hybridized carbons (Fsp3) is 0.250. The van der Waals surface area contributed by atoms with E-state index < -0.39 is 10.9 Å². The van der Waals surface area contributed by atoms with Crippen molar-refractivity contribution in [3.63, 3.8) is 0 Å². The number of non-ortho nitro benzene ring substituents is 1. The van der Waals surface area contributed by atoms with Crippen LogP contribution in [-0.4, -0.2) is 52.6 Å². The van der Waals surface area contributed by atoms with Gasteiger partial charge in [0.15, 0.2) is 11.2 Å². The van der Waals surface area contributed by atoms with E-state index in [-0.39, 0.29) is 17.9 Å². The molecule has 0 unspecified atom stereocenters. The molecular weight excluding hydrogens is 400 g/mol. The minimum atomic E-state index is -0.433. The summed E-state index contributed by atoms with van der Waals surface area (Å²) >= 11 is 1.32. The van der Waals surface area contributed by atoms with Crippen LogP contribution in [0.1, 0.15) is 11.3 Å². The number of carbonyl (C=O) groups is 1. The molecule has 4 rings (SSSR count). The summed E-state index contributed by atoms with van der Waals surface area (Å²) in [7, 11) is 3.02. The van der Waals surface area contributed by atoms with E-state index in [1.165, 1.54) is 35.5 Å². The van der Waals surface area contributed by atoms with E-state index in [2.05, 4.69) is 30.1 Å². The molecular formula is C16H14N8O4S. The smallest absolute Gasteiger partial charge is 0.311 e. The number of benzene rings is 1. The fourth-order valence-corrected chi connectivity index (χ4v) is 3.54. The van der Waals surface area contributed by atoms with E-state index in [9.17, 15) is 14.9 Å². The first-order chi connectivity index (χ1) is 14.0. The Balaban J connectivity index is 1.64. The van der Waals surface area contributed by atoms with Crippen molar-refractivity contribution in [1.29, 1.82) is 0 Å². The predicted octanol–water partition coefficient (Wildman–Crippen LogP) is 1.32. The number of thioether (sulfide) groups is 1. The molecule has 0 aliphatic carbocycles. The van der Waals surface area contributed by atoms with E-state index in [1.54, 1.807) is 23.9 Å². The molecule has 0 radical (unpaired) electrons. The molecule has 0 saturated heterocycles. The summed E-state index contributed by atoms with van der Waals surface area (Å²) in [5, 5.41) is 28.3. The number of aryl methyl sites for hydroxylation is 1. The Bertz CT molecular complexity index is 1250. The van der Waals surface area contributed by atoms with Crippen molar-refractivity contribution in [3.8, 4) is 0 Å². The summed E-state index contributed by atoms with van der Waals surface area (Å²) < 4.78 is 7.74. The summed E-state index contributed by atoms with van der Waals surface area (Å²) in [6, 6.07) is 6.39. The molecule has 1 aromatic carbocycles. The molecule has 12 nitrogen and oxygen atoms in total. The highest BCUT2D eigenvalue weighted by atomic mass is 32.2. The Labute approximate surface area is 167 Å². The molecule has 29 heavy (non-hydrogen) atoms. The van der Waals surface area contributed by atoms with Crippen molar-refractivity contribution in [2.75, 3.05) is 7.11 Å². The first-order valence-corrected chi connectivity index (χ1v) is 9.33. The van der Waals surface area contributed by atoms with Crippen molar-refractivity contribution in [2.24, 2.45) is 7.05 Å². The second-order valence-electron chi connectivity index (χ2n) is 6.02. The number of aromatic nitrogens is 7. The average Bonchev–Trinajstić information content (AvgIpc) is 3.27. The van der Waals surface area contributed by atoms with Gasteiger partial charge in [-0.15, -0.1) is 15.3 Å². The zero-order valence-corrected chi connectivity index (χ0v) is 16.2. The summed E-state index contributed by atoms with van der Waals surface area (Å²) in [5.41, 5.74) is 2.23. The molecule has 3 heterocycles. The second kappa shape index (κ2) is 7.43. The summed E-state index contributed by atoms with van der Waals surface area (Å²) in [6.45, 7) is 0. The van der Waals surface area contributed by atoms with Gasteiger partial charge in [0.1, 0.15) is 5.69 Å². The lowest BCUT2D eigenvalue weighted by atomic mass is 10.2. The molecule has 0 saturated carbocycles. The Morgan fingerprint density at radius 3 is 2.90 bits per heavy atom. The van der Waals surface area contributed by atoms with Gasteiger partial charge in [0.25, 0.3) is 11.5 Å². The summed E-state index contributed by atoms with van der Waals surface area (Å²) in [4.78, 5) is 26.4. The Kier molecular flexibility index (Phi) is 4.80. The van der Waals surface area contributed by atoms with Gasteiger partial charge in [0.05, 0.1) is 18.5 Å². The highest BCUT2D eigenvalue weighted by molar-refractivity contribution is 7.98. The molecule has 0 amide bonds. The topological polar surface area (TPSA) is 143 Å². The van der Waals surface area contributed by atoms with Crippen LogP contribution in [0.5, 0.6) is 0 Å². The van der Waals surface area contributed by atoms with Crippen LogP contribution in [-0.2, 0) is 28.8 Å². The van der Waals surface area contributed by atoms with Gasteiger partial charge in [-0.25, -0.2) is 4.68 Å². The zero-order valence-electron chi connectivity index (χ0n) is 15.3. The van der Waals surface area contributed by atoms with Crippen molar-refractivity contribution in [3.05, 3.63) is 45.6 Å². The third kappa shape index (κ3) is 3.59. The Morgan fingerprint density at radius 1 is 1.31 bits per heavy atom. The molecule has 3 aromatic heterocycles. The number of nitro benzene ring substituents is 1. The lowest BCUT2D eigenvalue weighted by Gasteiger charge is -1.98. The molecule has 0 fully saturated rings. The average molecular weight is 414 g/mol. The number of ether oxygens (including phenoxy) is 1. The van der Waals surface area contributed by atoms with Gasteiger partial charge in [0.2, 0.25) is 5.16 Å². The van der Waals surface area contributed by atoms with Gasteiger partial charge in [-0.1, -0.05) is 23.9 Å². The van der Waals surface area contributed by atoms with Crippen molar-refractivity contribution in [2.45, 2.75) is 17.3 Å². The number of esters is 1. The molecule has 4 aromatic rings. The van der Waals surface area contributed by atoms with Gasteiger partial charge in [-0.05, 0) is 5.56 Å². The molecule has 13 heteroatoms. The number of nitro groups is 1. The van der Waals surface area contributed by atoms with Gasteiger partial charge in [0, 0.05) is 24.9 Å². The summed E-state index contributed by atoms with van der Waals surface area (Å²) in [6.07, 6.45) is -0.0306. The number of hydrogen-bond donors (Lipinski definition) is 0. The first-order valence-electron chi connectivity index (χ1n) is 8.34. The van der Waals surface area contributed by atoms with Crippen LogP contribution in [0.3, 0.4) is 0 Å². The molecule has 0 N–H and O–H groups in total. The lowest BCUT2D eigenvalue weighted by molar-refractivity contribution is -0.384. The minimum absolute atomic E-state index is 0.0306. The highest BCUT2D eigenvalue weighted by Crippen LogP contribution is 2.24. The summed E-state index contributed by atoms with van der Waals surface area (Å²) in [5.74, 6) is 0.305. The van der Waals surface area contributed by atoms with Crippen molar-refractivity contribution >= 4 is 40.4 Å². The van der Waals surface area contributed by atoms with Gasteiger partial charge < -0.3 is 4.74 Å². The molecule has 0 aliphatic heterocycles. The Hall–Kier alpha value is -3.61. The minimum Gasteiger partial charge on any atom is -0.469 e. The first kappa shape index (κ1) is 18.7. The standard InChI is InChI=1S/C16H14N8O4S/c1-22-14-13(11(20-22)7-12(25)28-2)18-19-15-17-16(21-23(14)15)29-8-9-4-3-5-10(6-9)24(26)27/h3-6H,7-8H2,1-2H3. The molecule has 0 spiro atoms. The van der Waals surface area contributed by atoms with Crippen molar-refractivity contribution in [1.82, 2.24) is 34.6 Å². The Morgan fingerprint density at radius 2 is 2.14 bits per heavy atom. The zero-order chi connectivity index (χ0) is 20.5. The lowest BCUT2D eigenvalue weighted by Crippen LogP contribution is -2.06. The van der Waals surface area contributed by atoms with Crippen LogP contribution in [0.4, 0.5) is 5.69 Å². The maximum absolute atomic E-state index is 11.6. The van der Waals surface area contributed by atoms with Gasteiger partial charge in [-0.3, -0.25) is 14.9 Å². The van der Waals surface area contributed by atoms with E-state index in [0.29, 0.717) is 27.8 Å².